The van der Waals surface area contributed by atoms with Gasteiger partial charge in [-0.25, -0.2) is 4.98 Å². The Morgan fingerprint density at radius 3 is 2.67 bits per heavy atom. The van der Waals surface area contributed by atoms with Crippen LogP contribution in [0.4, 0.5) is 5.82 Å². The average molecular weight is 472 g/mol. The van der Waals surface area contributed by atoms with Gasteiger partial charge in [-0.3, -0.25) is 14.5 Å². The number of carbonyl (C=O) groups is 2. The highest BCUT2D eigenvalue weighted by Gasteiger charge is 2.43. The standard InChI is InChI=1S/C23H33N7O2S/c31-21(29-11-9-28(10-12-29)20-3-1-2-8-24-20)7-6-18-14-25-22(32)19-13-17(15-30(18)19)27-23(33)26-16-4-5-16/h1-3,8,16-19H,4-7,9-15H2,(H,25,32)(H2,26,27,33). The molecule has 178 valence electrons. The highest BCUT2D eigenvalue weighted by molar-refractivity contribution is 7.80. The van der Waals surface area contributed by atoms with Crippen molar-refractivity contribution in [2.45, 2.75) is 56.3 Å². The summed E-state index contributed by atoms with van der Waals surface area (Å²) in [5, 5.41) is 10.5. The molecule has 0 aromatic carbocycles. The number of amides is 2. The molecule has 0 bridgehead atoms. The molecule has 3 N–H and O–H groups in total. The van der Waals surface area contributed by atoms with Crippen LogP contribution >= 0.6 is 12.2 Å². The number of anilines is 1. The van der Waals surface area contributed by atoms with Crippen molar-refractivity contribution in [3.63, 3.8) is 0 Å². The topological polar surface area (TPSA) is 92.8 Å². The van der Waals surface area contributed by atoms with Crippen molar-refractivity contribution in [2.75, 3.05) is 44.2 Å². The number of nitrogens with one attached hydrogen (secondary N) is 3. The molecule has 1 aromatic heterocycles. The summed E-state index contributed by atoms with van der Waals surface area (Å²) in [6.07, 6.45) is 6.17. The Balaban J connectivity index is 1.09. The molecule has 4 aliphatic rings. The minimum Gasteiger partial charge on any atom is -0.360 e. The van der Waals surface area contributed by atoms with Gasteiger partial charge >= 0.3 is 0 Å². The number of thiocarbonyl (C=S) groups is 1. The Morgan fingerprint density at radius 2 is 1.94 bits per heavy atom. The Bertz CT molecular complexity index is 873. The number of hydrogen-bond donors (Lipinski definition) is 3. The monoisotopic (exact) mass is 471 g/mol. The van der Waals surface area contributed by atoms with E-state index in [0.29, 0.717) is 24.1 Å². The van der Waals surface area contributed by atoms with Crippen LogP contribution in [0.5, 0.6) is 0 Å². The van der Waals surface area contributed by atoms with Crippen LogP contribution in [0.1, 0.15) is 32.1 Å². The first-order chi connectivity index (χ1) is 16.1. The molecule has 9 nitrogen and oxygen atoms in total. The first kappa shape index (κ1) is 22.3. The van der Waals surface area contributed by atoms with Gasteiger partial charge in [0, 0.05) is 70.0 Å². The van der Waals surface area contributed by atoms with Gasteiger partial charge in [-0.1, -0.05) is 6.07 Å². The van der Waals surface area contributed by atoms with Gasteiger partial charge in [0.2, 0.25) is 11.8 Å². The Kier molecular flexibility index (Phi) is 6.64. The van der Waals surface area contributed by atoms with E-state index < -0.39 is 0 Å². The van der Waals surface area contributed by atoms with E-state index in [1.165, 1.54) is 12.8 Å². The van der Waals surface area contributed by atoms with Crippen molar-refractivity contribution < 1.29 is 9.59 Å². The molecule has 1 saturated carbocycles. The Morgan fingerprint density at radius 1 is 1.15 bits per heavy atom. The van der Waals surface area contributed by atoms with Crippen LogP contribution in [0, 0.1) is 0 Å². The predicted molar refractivity (Wildman–Crippen MR) is 130 cm³/mol. The van der Waals surface area contributed by atoms with E-state index in [2.05, 4.69) is 30.7 Å². The number of rotatable bonds is 6. The van der Waals surface area contributed by atoms with Crippen LogP contribution in [-0.4, -0.2) is 95.1 Å². The molecule has 4 heterocycles. The van der Waals surface area contributed by atoms with Crippen LogP contribution < -0.4 is 20.9 Å². The number of nitrogens with zero attached hydrogens (tertiary/aromatic N) is 4. The fourth-order valence-corrected chi connectivity index (χ4v) is 5.50. The summed E-state index contributed by atoms with van der Waals surface area (Å²) < 4.78 is 0. The minimum atomic E-state index is -0.137. The van der Waals surface area contributed by atoms with Crippen LogP contribution in [-0.2, 0) is 9.59 Å². The van der Waals surface area contributed by atoms with E-state index in [0.717, 1.165) is 51.4 Å². The molecule has 3 unspecified atom stereocenters. The van der Waals surface area contributed by atoms with Gasteiger partial charge in [-0.15, -0.1) is 0 Å². The van der Waals surface area contributed by atoms with Gasteiger partial charge in [-0.2, -0.15) is 0 Å². The molecule has 3 saturated heterocycles. The summed E-state index contributed by atoms with van der Waals surface area (Å²) in [7, 11) is 0. The van der Waals surface area contributed by atoms with Crippen LogP contribution in [0.15, 0.2) is 24.4 Å². The second kappa shape index (κ2) is 9.80. The average Bonchev–Trinajstić information content (AvgIpc) is 3.54. The van der Waals surface area contributed by atoms with Gasteiger partial charge in [0.1, 0.15) is 5.82 Å². The lowest BCUT2D eigenvalue weighted by Crippen LogP contribution is -2.58. The van der Waals surface area contributed by atoms with E-state index in [4.69, 9.17) is 12.2 Å². The number of fused-ring (bicyclic) bond motifs is 1. The second-order valence-corrected chi connectivity index (χ2v) is 9.94. The minimum absolute atomic E-state index is 0.0913. The van der Waals surface area contributed by atoms with Gasteiger partial charge in [0.25, 0.3) is 0 Å². The third-order valence-electron chi connectivity index (χ3n) is 7.17. The predicted octanol–water partition coefficient (Wildman–Crippen LogP) is 0.0782. The Labute approximate surface area is 200 Å². The maximum atomic E-state index is 12.9. The zero-order valence-corrected chi connectivity index (χ0v) is 19.7. The molecular formula is C23H33N7O2S. The zero-order valence-electron chi connectivity index (χ0n) is 18.9. The van der Waals surface area contributed by atoms with Crippen molar-refractivity contribution in [2.24, 2.45) is 0 Å². The molecule has 0 spiro atoms. The first-order valence-electron chi connectivity index (χ1n) is 12.1. The highest BCUT2D eigenvalue weighted by Crippen LogP contribution is 2.26. The first-order valence-corrected chi connectivity index (χ1v) is 12.5. The molecule has 1 aromatic rings. The summed E-state index contributed by atoms with van der Waals surface area (Å²) in [6, 6.07) is 6.64. The van der Waals surface area contributed by atoms with Crippen molar-refractivity contribution in [1.82, 2.24) is 30.7 Å². The summed E-state index contributed by atoms with van der Waals surface area (Å²) in [6.45, 7) is 4.44. The lowest BCUT2D eigenvalue weighted by Gasteiger charge is -2.38. The third kappa shape index (κ3) is 5.38. The summed E-state index contributed by atoms with van der Waals surface area (Å²) >= 11 is 5.43. The number of hydrogen-bond acceptors (Lipinski definition) is 6. The van der Waals surface area contributed by atoms with Crippen molar-refractivity contribution in [1.29, 1.82) is 0 Å². The van der Waals surface area contributed by atoms with Crippen LogP contribution in [0.3, 0.4) is 0 Å². The molecule has 33 heavy (non-hydrogen) atoms. The number of aromatic nitrogens is 1. The lowest BCUT2D eigenvalue weighted by molar-refractivity contribution is -0.132. The van der Waals surface area contributed by atoms with E-state index in [1.807, 2.05) is 23.1 Å². The quantitative estimate of drug-likeness (QED) is 0.503. The SMILES string of the molecule is O=C1NCC(CCC(=O)N2CCN(c3ccccn3)CC2)N2CC(NC(=S)NC3CC3)CC12. The van der Waals surface area contributed by atoms with E-state index in [9.17, 15) is 9.59 Å². The number of pyridine rings is 1. The smallest absolute Gasteiger partial charge is 0.237 e. The molecule has 2 amide bonds. The number of carbonyl (C=O) groups excluding carboxylic acids is 2. The number of piperazine rings is 2. The molecular weight excluding hydrogens is 438 g/mol. The fourth-order valence-electron chi connectivity index (χ4n) is 5.16. The zero-order chi connectivity index (χ0) is 22.8. The fraction of sp³-hybridized carbons (Fsp3) is 0.652. The maximum Gasteiger partial charge on any atom is 0.237 e. The normalized spacial score (nSPS) is 27.6. The van der Waals surface area contributed by atoms with Crippen LogP contribution in [0.25, 0.3) is 0 Å². The molecule has 0 radical (unpaired) electrons. The third-order valence-corrected chi connectivity index (χ3v) is 7.40. The molecule has 3 aliphatic heterocycles. The molecule has 3 atom stereocenters. The molecule has 4 fully saturated rings. The van der Waals surface area contributed by atoms with Gasteiger partial charge in [0.05, 0.1) is 6.04 Å². The van der Waals surface area contributed by atoms with Crippen molar-refractivity contribution >= 4 is 35.0 Å². The second-order valence-electron chi connectivity index (χ2n) is 9.53. The van der Waals surface area contributed by atoms with Crippen molar-refractivity contribution in [3.8, 4) is 0 Å². The van der Waals surface area contributed by atoms with Gasteiger partial charge in [0.15, 0.2) is 5.11 Å². The van der Waals surface area contributed by atoms with E-state index in [-0.39, 0.29) is 29.9 Å². The van der Waals surface area contributed by atoms with E-state index >= 15 is 0 Å². The lowest BCUT2D eigenvalue weighted by atomic mass is 10.0. The Hall–Kier alpha value is -2.46. The molecule has 1 aliphatic carbocycles. The van der Waals surface area contributed by atoms with Crippen molar-refractivity contribution in [3.05, 3.63) is 24.4 Å². The largest absolute Gasteiger partial charge is 0.360 e. The molecule has 5 rings (SSSR count). The van der Waals surface area contributed by atoms with Gasteiger partial charge < -0.3 is 25.8 Å². The van der Waals surface area contributed by atoms with Crippen LogP contribution in [0.2, 0.25) is 0 Å². The maximum absolute atomic E-state index is 12.9. The molecule has 10 heteroatoms. The van der Waals surface area contributed by atoms with E-state index in [1.54, 1.807) is 6.20 Å². The summed E-state index contributed by atoms with van der Waals surface area (Å²) in [5.74, 6) is 1.26. The highest BCUT2D eigenvalue weighted by atomic mass is 32.1. The van der Waals surface area contributed by atoms with Gasteiger partial charge in [-0.05, 0) is 50.0 Å². The summed E-state index contributed by atoms with van der Waals surface area (Å²) in [4.78, 5) is 36.3. The summed E-state index contributed by atoms with van der Waals surface area (Å²) in [5.41, 5.74) is 0.